The number of aryl methyl sites for hydroxylation is 1. The highest BCUT2D eigenvalue weighted by molar-refractivity contribution is 7.09. The summed E-state index contributed by atoms with van der Waals surface area (Å²) in [5.74, 6) is 0.600. The molecule has 2 nitrogen and oxygen atoms in total. The number of nitrogens with zero attached hydrogens (tertiary/aromatic N) is 1. The zero-order valence-electron chi connectivity index (χ0n) is 10.7. The Kier molecular flexibility index (Phi) is 6.08. The summed E-state index contributed by atoms with van der Waals surface area (Å²) in [6.45, 7) is 6.03. The molecule has 1 heterocycles. The van der Waals surface area contributed by atoms with Crippen molar-refractivity contribution in [3.05, 3.63) is 16.1 Å². The Balaban J connectivity index is 2.26. The van der Waals surface area contributed by atoms with Gasteiger partial charge in [-0.1, -0.05) is 13.8 Å². The summed E-state index contributed by atoms with van der Waals surface area (Å²) in [5, 5.41) is 5.71. The van der Waals surface area contributed by atoms with E-state index in [1.807, 2.05) is 5.38 Å². The minimum Gasteiger partial charge on any atom is -0.316 e. The molecule has 0 fully saturated rings. The third-order valence-electron chi connectivity index (χ3n) is 2.33. The molecule has 18 heavy (non-hydrogen) atoms. The fourth-order valence-electron chi connectivity index (χ4n) is 1.43. The van der Waals surface area contributed by atoms with Gasteiger partial charge in [0.25, 0.3) is 0 Å². The first-order valence-electron chi connectivity index (χ1n) is 6.07. The molecule has 0 atom stereocenters. The fourth-order valence-corrected chi connectivity index (χ4v) is 2.27. The molecule has 0 saturated carbocycles. The fraction of sp³-hybridized carbons (Fsp3) is 0.750. The van der Waals surface area contributed by atoms with Gasteiger partial charge in [-0.05, 0) is 12.5 Å². The van der Waals surface area contributed by atoms with Gasteiger partial charge in [0, 0.05) is 31.2 Å². The van der Waals surface area contributed by atoms with E-state index < -0.39 is 12.6 Å². The molecule has 1 aromatic rings. The number of alkyl halides is 3. The van der Waals surface area contributed by atoms with Crippen LogP contribution in [0.4, 0.5) is 13.2 Å². The van der Waals surface area contributed by atoms with Gasteiger partial charge >= 0.3 is 6.18 Å². The van der Waals surface area contributed by atoms with Crippen LogP contribution in [0.3, 0.4) is 0 Å². The molecule has 0 aliphatic heterocycles. The standard InChI is InChI=1S/C12H19F3N2S/c1-9(2)7-16-6-4-10-8-18-11(17-10)3-5-12(13,14)15/h8-9,16H,3-7H2,1-2H3. The van der Waals surface area contributed by atoms with Gasteiger partial charge in [-0.2, -0.15) is 13.2 Å². The molecule has 1 rings (SSSR count). The molecule has 1 N–H and O–H groups in total. The molecule has 0 bridgehead atoms. The normalized spacial score (nSPS) is 12.3. The van der Waals surface area contributed by atoms with Gasteiger partial charge in [0.05, 0.1) is 10.7 Å². The first kappa shape index (κ1) is 15.4. The van der Waals surface area contributed by atoms with E-state index in [1.165, 1.54) is 11.3 Å². The third-order valence-corrected chi connectivity index (χ3v) is 3.29. The lowest BCUT2D eigenvalue weighted by Crippen LogP contribution is -2.22. The highest BCUT2D eigenvalue weighted by Gasteiger charge is 2.27. The molecule has 1 aromatic heterocycles. The van der Waals surface area contributed by atoms with Gasteiger partial charge in [-0.3, -0.25) is 0 Å². The van der Waals surface area contributed by atoms with Crippen molar-refractivity contribution < 1.29 is 13.2 Å². The predicted molar refractivity (Wildman–Crippen MR) is 67.9 cm³/mol. The Morgan fingerprint density at radius 1 is 1.33 bits per heavy atom. The van der Waals surface area contributed by atoms with Crippen molar-refractivity contribution in [2.45, 2.75) is 39.3 Å². The summed E-state index contributed by atoms with van der Waals surface area (Å²) in [5.41, 5.74) is 0.883. The van der Waals surface area contributed by atoms with Crippen molar-refractivity contribution in [3.63, 3.8) is 0 Å². The van der Waals surface area contributed by atoms with Crippen LogP contribution in [-0.2, 0) is 12.8 Å². The van der Waals surface area contributed by atoms with Crippen molar-refractivity contribution in [2.24, 2.45) is 5.92 Å². The summed E-state index contributed by atoms with van der Waals surface area (Å²) < 4.78 is 36.1. The van der Waals surface area contributed by atoms with Gasteiger partial charge in [0.1, 0.15) is 0 Å². The Labute approximate surface area is 110 Å². The first-order chi connectivity index (χ1) is 8.37. The Bertz CT molecular complexity index is 347. The highest BCUT2D eigenvalue weighted by atomic mass is 32.1. The van der Waals surface area contributed by atoms with E-state index in [9.17, 15) is 13.2 Å². The molecule has 0 amide bonds. The molecule has 0 aromatic carbocycles. The topological polar surface area (TPSA) is 24.9 Å². The van der Waals surface area contributed by atoms with Crippen LogP contribution in [0.15, 0.2) is 5.38 Å². The summed E-state index contributed by atoms with van der Waals surface area (Å²) >= 11 is 1.32. The van der Waals surface area contributed by atoms with E-state index in [2.05, 4.69) is 24.1 Å². The number of halogens is 3. The van der Waals surface area contributed by atoms with Crippen LogP contribution in [0, 0.1) is 5.92 Å². The first-order valence-corrected chi connectivity index (χ1v) is 6.95. The van der Waals surface area contributed by atoms with Crippen molar-refractivity contribution in [1.82, 2.24) is 10.3 Å². The Hall–Kier alpha value is -0.620. The van der Waals surface area contributed by atoms with Crippen molar-refractivity contribution >= 4 is 11.3 Å². The van der Waals surface area contributed by atoms with Crippen LogP contribution in [0.1, 0.15) is 31.0 Å². The van der Waals surface area contributed by atoms with E-state index in [0.29, 0.717) is 10.9 Å². The SMILES string of the molecule is CC(C)CNCCc1csc(CCC(F)(F)F)n1. The van der Waals surface area contributed by atoms with Crippen molar-refractivity contribution in [2.75, 3.05) is 13.1 Å². The number of rotatable bonds is 7. The molecule has 0 aliphatic rings. The van der Waals surface area contributed by atoms with Gasteiger partial charge in [-0.25, -0.2) is 4.98 Å². The number of aromatic nitrogens is 1. The molecule has 104 valence electrons. The molecule has 0 spiro atoms. The average molecular weight is 280 g/mol. The minimum atomic E-state index is -4.09. The highest BCUT2D eigenvalue weighted by Crippen LogP contribution is 2.23. The van der Waals surface area contributed by atoms with E-state index in [0.717, 1.165) is 25.2 Å². The largest absolute Gasteiger partial charge is 0.389 e. The van der Waals surface area contributed by atoms with Crippen LogP contribution in [0.5, 0.6) is 0 Å². The number of nitrogens with one attached hydrogen (secondary N) is 1. The molecular weight excluding hydrogens is 261 g/mol. The van der Waals surface area contributed by atoms with Gasteiger partial charge in [0.2, 0.25) is 0 Å². The smallest absolute Gasteiger partial charge is 0.316 e. The summed E-state index contributed by atoms with van der Waals surface area (Å²) in [4.78, 5) is 4.21. The maximum atomic E-state index is 12.0. The summed E-state index contributed by atoms with van der Waals surface area (Å²) in [6, 6.07) is 0. The van der Waals surface area contributed by atoms with Crippen LogP contribution in [-0.4, -0.2) is 24.2 Å². The maximum Gasteiger partial charge on any atom is 0.389 e. The van der Waals surface area contributed by atoms with Gasteiger partial charge in [0.15, 0.2) is 0 Å². The predicted octanol–water partition coefficient (Wildman–Crippen LogP) is 3.43. The Morgan fingerprint density at radius 3 is 2.67 bits per heavy atom. The average Bonchev–Trinajstić information content (AvgIpc) is 2.68. The van der Waals surface area contributed by atoms with Crippen LogP contribution >= 0.6 is 11.3 Å². The molecule has 6 heteroatoms. The quantitative estimate of drug-likeness (QED) is 0.774. The van der Waals surface area contributed by atoms with E-state index in [4.69, 9.17) is 0 Å². The summed E-state index contributed by atoms with van der Waals surface area (Å²) in [7, 11) is 0. The lowest BCUT2D eigenvalue weighted by Gasteiger charge is -2.05. The number of hydrogen-bond donors (Lipinski definition) is 1. The van der Waals surface area contributed by atoms with Gasteiger partial charge in [-0.15, -0.1) is 11.3 Å². The molecule has 0 radical (unpaired) electrons. The molecule has 0 unspecified atom stereocenters. The van der Waals surface area contributed by atoms with E-state index >= 15 is 0 Å². The van der Waals surface area contributed by atoms with Crippen LogP contribution in [0.25, 0.3) is 0 Å². The Morgan fingerprint density at radius 2 is 2.06 bits per heavy atom. The van der Waals surface area contributed by atoms with Crippen molar-refractivity contribution in [3.8, 4) is 0 Å². The molecule has 0 saturated heterocycles. The van der Waals surface area contributed by atoms with Crippen molar-refractivity contribution in [1.29, 1.82) is 0 Å². The van der Waals surface area contributed by atoms with Gasteiger partial charge < -0.3 is 5.32 Å². The second-order valence-electron chi connectivity index (χ2n) is 4.70. The lowest BCUT2D eigenvalue weighted by molar-refractivity contribution is -0.134. The maximum absolute atomic E-state index is 12.0. The second-order valence-corrected chi connectivity index (χ2v) is 5.64. The minimum absolute atomic E-state index is 0.00636. The number of hydrogen-bond acceptors (Lipinski definition) is 3. The monoisotopic (exact) mass is 280 g/mol. The van der Waals surface area contributed by atoms with E-state index in [1.54, 1.807) is 0 Å². The second kappa shape index (κ2) is 7.09. The lowest BCUT2D eigenvalue weighted by atomic mass is 10.2. The van der Waals surface area contributed by atoms with Crippen LogP contribution in [0.2, 0.25) is 0 Å². The third kappa shape index (κ3) is 6.96. The number of thiazole rings is 1. The van der Waals surface area contributed by atoms with E-state index in [-0.39, 0.29) is 6.42 Å². The molecule has 0 aliphatic carbocycles. The zero-order chi connectivity index (χ0) is 13.6. The zero-order valence-corrected chi connectivity index (χ0v) is 11.5. The van der Waals surface area contributed by atoms with Crippen LogP contribution < -0.4 is 5.32 Å². The summed E-state index contributed by atoms with van der Waals surface area (Å²) in [6.07, 6.45) is -4.11. The molecular formula is C12H19F3N2S.